The van der Waals surface area contributed by atoms with Gasteiger partial charge in [0.1, 0.15) is 11.8 Å². The molecule has 1 amide bonds. The Morgan fingerprint density at radius 3 is 2.96 bits per heavy atom. The Morgan fingerprint density at radius 2 is 2.17 bits per heavy atom. The molecule has 3 aromatic rings. The number of carbonyl (C=O) groups excluding carboxylic acids is 1. The van der Waals surface area contributed by atoms with Crippen molar-refractivity contribution >= 4 is 34.2 Å². The van der Waals surface area contributed by atoms with Gasteiger partial charge < -0.3 is 15.2 Å². The zero-order valence-electron chi connectivity index (χ0n) is 12.4. The first-order valence-corrected chi connectivity index (χ1v) is 8.47. The first-order valence-electron chi connectivity index (χ1n) is 7.53. The molecule has 0 atom stereocenters. The Morgan fingerprint density at radius 1 is 1.30 bits per heavy atom. The van der Waals surface area contributed by atoms with Gasteiger partial charge in [-0.05, 0) is 24.3 Å². The average molecular weight is 328 g/mol. The summed E-state index contributed by atoms with van der Waals surface area (Å²) in [7, 11) is 0. The van der Waals surface area contributed by atoms with Crippen molar-refractivity contribution in [1.29, 1.82) is 0 Å². The highest BCUT2D eigenvalue weighted by atomic mass is 32.1. The molecule has 1 saturated heterocycles. The molecule has 1 fully saturated rings. The van der Waals surface area contributed by atoms with Gasteiger partial charge in [-0.25, -0.2) is 15.0 Å². The summed E-state index contributed by atoms with van der Waals surface area (Å²) in [6.07, 6.45) is 4.98. The standard InChI is InChI=1S/C15H16N6OS/c22-15(10-3-6-23-7-10)20-11-1-4-21(5-2-11)14-12-13(17-8-16-12)18-9-19-14/h3,6-9,11H,1-2,4-5H2,(H,20,22)(H,16,17,18,19). The maximum atomic E-state index is 12.1. The predicted octanol–water partition coefficient (Wildman–Crippen LogP) is 1.81. The molecule has 2 N–H and O–H groups in total. The van der Waals surface area contributed by atoms with E-state index >= 15 is 0 Å². The monoisotopic (exact) mass is 328 g/mol. The number of fused-ring (bicyclic) bond motifs is 1. The van der Waals surface area contributed by atoms with Crippen molar-refractivity contribution in [3.05, 3.63) is 35.0 Å². The quantitative estimate of drug-likeness (QED) is 0.766. The van der Waals surface area contributed by atoms with Gasteiger partial charge in [-0.1, -0.05) is 0 Å². The maximum Gasteiger partial charge on any atom is 0.252 e. The van der Waals surface area contributed by atoms with Gasteiger partial charge in [-0.2, -0.15) is 11.3 Å². The van der Waals surface area contributed by atoms with Crippen LogP contribution in [0.1, 0.15) is 23.2 Å². The zero-order valence-corrected chi connectivity index (χ0v) is 13.2. The molecule has 0 aromatic carbocycles. The van der Waals surface area contributed by atoms with E-state index < -0.39 is 0 Å². The van der Waals surface area contributed by atoms with E-state index in [9.17, 15) is 4.79 Å². The van der Waals surface area contributed by atoms with E-state index in [1.165, 1.54) is 11.3 Å². The highest BCUT2D eigenvalue weighted by molar-refractivity contribution is 7.08. The van der Waals surface area contributed by atoms with Crippen molar-refractivity contribution in [3.8, 4) is 0 Å². The normalized spacial score (nSPS) is 15.9. The van der Waals surface area contributed by atoms with Crippen molar-refractivity contribution in [1.82, 2.24) is 25.3 Å². The smallest absolute Gasteiger partial charge is 0.252 e. The number of aromatic nitrogens is 4. The van der Waals surface area contributed by atoms with Crippen LogP contribution in [0, 0.1) is 0 Å². The number of carbonyl (C=O) groups is 1. The zero-order chi connectivity index (χ0) is 15.6. The van der Waals surface area contributed by atoms with Crippen molar-refractivity contribution in [2.45, 2.75) is 18.9 Å². The number of rotatable bonds is 3. The summed E-state index contributed by atoms with van der Waals surface area (Å²) in [4.78, 5) is 30.1. The molecule has 0 unspecified atom stereocenters. The summed E-state index contributed by atoms with van der Waals surface area (Å²) < 4.78 is 0. The fraction of sp³-hybridized carbons (Fsp3) is 0.333. The minimum Gasteiger partial charge on any atom is -0.355 e. The number of hydrogen-bond donors (Lipinski definition) is 2. The van der Waals surface area contributed by atoms with E-state index in [2.05, 4.69) is 30.2 Å². The molecule has 8 heteroatoms. The molecule has 23 heavy (non-hydrogen) atoms. The van der Waals surface area contributed by atoms with Crippen LogP contribution in [-0.2, 0) is 0 Å². The van der Waals surface area contributed by atoms with Gasteiger partial charge in [-0.3, -0.25) is 4.79 Å². The number of piperidine rings is 1. The maximum absolute atomic E-state index is 12.1. The lowest BCUT2D eigenvalue weighted by Crippen LogP contribution is -2.45. The number of nitrogens with zero attached hydrogens (tertiary/aromatic N) is 4. The van der Waals surface area contributed by atoms with Gasteiger partial charge in [0.25, 0.3) is 5.91 Å². The first kappa shape index (κ1) is 14.1. The van der Waals surface area contributed by atoms with Gasteiger partial charge in [0.2, 0.25) is 0 Å². The third kappa shape index (κ3) is 2.77. The van der Waals surface area contributed by atoms with Crippen molar-refractivity contribution in [2.75, 3.05) is 18.0 Å². The summed E-state index contributed by atoms with van der Waals surface area (Å²) in [5.74, 6) is 0.901. The van der Waals surface area contributed by atoms with E-state index in [0.717, 1.165) is 42.8 Å². The lowest BCUT2D eigenvalue weighted by Gasteiger charge is -2.33. The number of aromatic amines is 1. The molecule has 4 rings (SSSR count). The Hall–Kier alpha value is -2.48. The number of hydrogen-bond acceptors (Lipinski definition) is 6. The Kier molecular flexibility index (Phi) is 3.66. The third-order valence-electron chi connectivity index (χ3n) is 4.12. The van der Waals surface area contributed by atoms with Gasteiger partial charge in [-0.15, -0.1) is 0 Å². The average Bonchev–Trinajstić information content (AvgIpc) is 3.26. The predicted molar refractivity (Wildman–Crippen MR) is 88.7 cm³/mol. The molecule has 118 valence electrons. The molecule has 4 heterocycles. The van der Waals surface area contributed by atoms with Crippen LogP contribution >= 0.6 is 11.3 Å². The number of anilines is 1. The minimum atomic E-state index is 0.0164. The summed E-state index contributed by atoms with van der Waals surface area (Å²) in [6, 6.07) is 2.06. The fourth-order valence-corrected chi connectivity index (χ4v) is 3.53. The van der Waals surface area contributed by atoms with Gasteiger partial charge in [0.05, 0.1) is 6.33 Å². The molecular weight excluding hydrogens is 312 g/mol. The van der Waals surface area contributed by atoms with Crippen LogP contribution in [0.3, 0.4) is 0 Å². The summed E-state index contributed by atoms with van der Waals surface area (Å²) >= 11 is 1.54. The number of amides is 1. The molecule has 0 spiro atoms. The van der Waals surface area contributed by atoms with Crippen LogP contribution in [0.5, 0.6) is 0 Å². The van der Waals surface area contributed by atoms with Crippen LogP contribution in [-0.4, -0.2) is 45.0 Å². The fourth-order valence-electron chi connectivity index (χ4n) is 2.89. The highest BCUT2D eigenvalue weighted by Gasteiger charge is 2.23. The molecule has 3 aromatic heterocycles. The summed E-state index contributed by atoms with van der Waals surface area (Å²) in [6.45, 7) is 1.69. The summed E-state index contributed by atoms with van der Waals surface area (Å²) in [5, 5.41) is 6.91. The van der Waals surface area contributed by atoms with Gasteiger partial charge in [0.15, 0.2) is 11.5 Å². The van der Waals surface area contributed by atoms with Crippen molar-refractivity contribution < 1.29 is 4.79 Å². The molecule has 7 nitrogen and oxygen atoms in total. The molecule has 1 aliphatic heterocycles. The topological polar surface area (TPSA) is 86.8 Å². The third-order valence-corrected chi connectivity index (χ3v) is 4.80. The highest BCUT2D eigenvalue weighted by Crippen LogP contribution is 2.23. The Balaban J connectivity index is 1.41. The van der Waals surface area contributed by atoms with E-state index in [0.29, 0.717) is 5.65 Å². The first-order chi connectivity index (χ1) is 11.3. The van der Waals surface area contributed by atoms with E-state index in [1.807, 2.05) is 16.8 Å². The van der Waals surface area contributed by atoms with Crippen LogP contribution in [0.15, 0.2) is 29.5 Å². The number of H-pyrrole nitrogens is 1. The lowest BCUT2D eigenvalue weighted by atomic mass is 10.0. The van der Waals surface area contributed by atoms with Crippen LogP contribution < -0.4 is 10.2 Å². The largest absolute Gasteiger partial charge is 0.355 e. The number of imidazole rings is 1. The number of nitrogens with one attached hydrogen (secondary N) is 2. The Bertz CT molecular complexity index is 806. The lowest BCUT2D eigenvalue weighted by molar-refractivity contribution is 0.0931. The van der Waals surface area contributed by atoms with Gasteiger partial charge >= 0.3 is 0 Å². The molecule has 0 bridgehead atoms. The van der Waals surface area contributed by atoms with Crippen LogP contribution in [0.2, 0.25) is 0 Å². The van der Waals surface area contributed by atoms with Gasteiger partial charge in [0, 0.05) is 30.1 Å². The van der Waals surface area contributed by atoms with Crippen molar-refractivity contribution in [3.63, 3.8) is 0 Å². The molecule has 0 aliphatic carbocycles. The summed E-state index contributed by atoms with van der Waals surface area (Å²) in [5.41, 5.74) is 2.29. The van der Waals surface area contributed by atoms with Crippen LogP contribution in [0.4, 0.5) is 5.82 Å². The minimum absolute atomic E-state index is 0.0164. The molecule has 0 radical (unpaired) electrons. The van der Waals surface area contributed by atoms with E-state index in [4.69, 9.17) is 0 Å². The number of thiophene rings is 1. The second-order valence-electron chi connectivity index (χ2n) is 5.55. The molecular formula is C15H16N6OS. The second kappa shape index (κ2) is 5.96. The SMILES string of the molecule is O=C(NC1CCN(c2ncnc3nc[nH]c23)CC1)c1ccsc1. The second-order valence-corrected chi connectivity index (χ2v) is 6.33. The molecule has 1 aliphatic rings. The van der Waals surface area contributed by atoms with E-state index in [1.54, 1.807) is 12.7 Å². The Labute approximate surface area is 136 Å². The molecule has 0 saturated carbocycles. The van der Waals surface area contributed by atoms with Crippen molar-refractivity contribution in [2.24, 2.45) is 0 Å². The van der Waals surface area contributed by atoms with E-state index in [-0.39, 0.29) is 11.9 Å². The van der Waals surface area contributed by atoms with Crippen LogP contribution in [0.25, 0.3) is 11.2 Å².